The molecule has 0 aromatic carbocycles. The average molecular weight is 328 g/mol. The Morgan fingerprint density at radius 2 is 1.83 bits per heavy atom. The highest BCUT2D eigenvalue weighted by Crippen LogP contribution is 2.11. The largest absolute Gasteiger partial charge is 0.461 e. The molecule has 8 nitrogen and oxygen atoms in total. The Balaban J connectivity index is 2.81. The summed E-state index contributed by atoms with van der Waals surface area (Å²) in [5, 5.41) is 13.6. The van der Waals surface area contributed by atoms with Crippen molar-refractivity contribution in [2.24, 2.45) is 0 Å². The summed E-state index contributed by atoms with van der Waals surface area (Å²) in [5.41, 5.74) is 0.237. The SMILES string of the molecule is CCOC(=O)c1cc(C(=O)OCC)n(CCCC(O)OCC)n1. The van der Waals surface area contributed by atoms with Gasteiger partial charge in [-0.05, 0) is 33.6 Å². The van der Waals surface area contributed by atoms with Crippen LogP contribution in [0.3, 0.4) is 0 Å². The standard InChI is InChI=1S/C15H24N2O6/c1-4-21-13(18)8-7-9-17-12(15(20)23-6-3)10-11(16-17)14(19)22-5-2/h10,13,18H,4-9H2,1-3H3. The van der Waals surface area contributed by atoms with Gasteiger partial charge in [-0.15, -0.1) is 0 Å². The van der Waals surface area contributed by atoms with Crippen LogP contribution >= 0.6 is 0 Å². The van der Waals surface area contributed by atoms with E-state index in [1.807, 2.05) is 0 Å². The first-order chi connectivity index (χ1) is 11.0. The van der Waals surface area contributed by atoms with E-state index < -0.39 is 18.2 Å². The van der Waals surface area contributed by atoms with Crippen LogP contribution in [0.2, 0.25) is 0 Å². The van der Waals surface area contributed by atoms with Crippen LogP contribution in [0.4, 0.5) is 0 Å². The van der Waals surface area contributed by atoms with Crippen molar-refractivity contribution in [1.29, 1.82) is 0 Å². The first kappa shape index (κ1) is 19.1. The van der Waals surface area contributed by atoms with E-state index in [-0.39, 0.29) is 24.6 Å². The molecule has 0 aliphatic carbocycles. The Hall–Kier alpha value is -1.93. The molecular formula is C15H24N2O6. The minimum Gasteiger partial charge on any atom is -0.461 e. The molecular weight excluding hydrogens is 304 g/mol. The lowest BCUT2D eigenvalue weighted by molar-refractivity contribution is -0.0996. The van der Waals surface area contributed by atoms with Crippen LogP contribution in [0.15, 0.2) is 6.07 Å². The highest BCUT2D eigenvalue weighted by Gasteiger charge is 2.21. The third kappa shape index (κ3) is 5.99. The molecule has 0 spiro atoms. The Kier molecular flexibility index (Phi) is 8.28. The van der Waals surface area contributed by atoms with Gasteiger partial charge in [-0.2, -0.15) is 5.10 Å². The molecule has 0 aliphatic rings. The molecule has 1 unspecified atom stereocenters. The summed E-state index contributed by atoms with van der Waals surface area (Å²) in [7, 11) is 0. The topological polar surface area (TPSA) is 99.9 Å². The van der Waals surface area contributed by atoms with Gasteiger partial charge in [-0.1, -0.05) is 0 Å². The lowest BCUT2D eigenvalue weighted by Gasteiger charge is -2.11. The van der Waals surface area contributed by atoms with Gasteiger partial charge in [0.1, 0.15) is 5.69 Å². The number of rotatable bonds is 10. The van der Waals surface area contributed by atoms with E-state index in [9.17, 15) is 14.7 Å². The fourth-order valence-corrected chi connectivity index (χ4v) is 1.95. The second-order valence-corrected chi connectivity index (χ2v) is 4.63. The van der Waals surface area contributed by atoms with Crippen molar-refractivity contribution in [1.82, 2.24) is 9.78 Å². The van der Waals surface area contributed by atoms with Gasteiger partial charge in [0.05, 0.1) is 13.2 Å². The summed E-state index contributed by atoms with van der Waals surface area (Å²) in [6.45, 7) is 6.39. The fourth-order valence-electron chi connectivity index (χ4n) is 1.95. The number of hydrogen-bond donors (Lipinski definition) is 1. The Morgan fingerprint density at radius 1 is 1.17 bits per heavy atom. The maximum absolute atomic E-state index is 11.9. The summed E-state index contributed by atoms with van der Waals surface area (Å²) < 4.78 is 16.3. The summed E-state index contributed by atoms with van der Waals surface area (Å²) in [5.74, 6) is -1.15. The van der Waals surface area contributed by atoms with Crippen LogP contribution in [0.25, 0.3) is 0 Å². The zero-order valence-corrected chi connectivity index (χ0v) is 13.8. The van der Waals surface area contributed by atoms with E-state index in [0.717, 1.165) is 0 Å². The molecule has 1 rings (SSSR count). The van der Waals surface area contributed by atoms with Gasteiger partial charge in [-0.25, -0.2) is 9.59 Å². The smallest absolute Gasteiger partial charge is 0.358 e. The zero-order valence-electron chi connectivity index (χ0n) is 13.8. The van der Waals surface area contributed by atoms with E-state index in [2.05, 4.69) is 5.10 Å². The predicted molar refractivity (Wildman–Crippen MR) is 81.0 cm³/mol. The molecule has 0 saturated carbocycles. The van der Waals surface area contributed by atoms with E-state index in [1.165, 1.54) is 10.7 Å². The van der Waals surface area contributed by atoms with Crippen LogP contribution < -0.4 is 0 Å². The molecule has 1 N–H and O–H groups in total. The highest BCUT2D eigenvalue weighted by atomic mass is 16.6. The van der Waals surface area contributed by atoms with Crippen molar-refractivity contribution in [3.05, 3.63) is 17.5 Å². The second-order valence-electron chi connectivity index (χ2n) is 4.63. The van der Waals surface area contributed by atoms with E-state index in [0.29, 0.717) is 26.0 Å². The average Bonchev–Trinajstić information content (AvgIpc) is 2.92. The van der Waals surface area contributed by atoms with Crippen molar-refractivity contribution < 1.29 is 28.9 Å². The van der Waals surface area contributed by atoms with Crippen molar-refractivity contribution in [2.45, 2.75) is 46.4 Å². The molecule has 1 aromatic rings. The minimum absolute atomic E-state index is 0.0558. The number of carbonyl (C=O) groups is 2. The number of esters is 2. The van der Waals surface area contributed by atoms with Gasteiger partial charge in [0, 0.05) is 19.2 Å². The second kappa shape index (κ2) is 9.96. The Bertz CT molecular complexity index is 514. The Labute approximate surface area is 135 Å². The minimum atomic E-state index is -0.855. The molecule has 0 radical (unpaired) electrons. The zero-order chi connectivity index (χ0) is 17.2. The number of carbonyl (C=O) groups excluding carboxylic acids is 2. The molecule has 8 heteroatoms. The third-order valence-corrected chi connectivity index (χ3v) is 2.93. The van der Waals surface area contributed by atoms with Gasteiger partial charge in [0.15, 0.2) is 12.0 Å². The third-order valence-electron chi connectivity index (χ3n) is 2.93. The van der Waals surface area contributed by atoms with Crippen molar-refractivity contribution in [3.8, 4) is 0 Å². The van der Waals surface area contributed by atoms with E-state index in [4.69, 9.17) is 14.2 Å². The molecule has 1 atom stereocenters. The maximum Gasteiger partial charge on any atom is 0.358 e. The summed E-state index contributed by atoms with van der Waals surface area (Å²) in [4.78, 5) is 23.7. The first-order valence-electron chi connectivity index (χ1n) is 7.75. The van der Waals surface area contributed by atoms with Crippen molar-refractivity contribution >= 4 is 11.9 Å². The van der Waals surface area contributed by atoms with Crippen LogP contribution in [0.1, 0.15) is 54.6 Å². The number of nitrogens with zero attached hydrogens (tertiary/aromatic N) is 2. The fraction of sp³-hybridized carbons (Fsp3) is 0.667. The number of aryl methyl sites for hydroxylation is 1. The number of aromatic nitrogens is 2. The monoisotopic (exact) mass is 328 g/mol. The molecule has 130 valence electrons. The Morgan fingerprint density at radius 3 is 2.43 bits per heavy atom. The van der Waals surface area contributed by atoms with Gasteiger partial charge >= 0.3 is 11.9 Å². The van der Waals surface area contributed by atoms with E-state index in [1.54, 1.807) is 20.8 Å². The van der Waals surface area contributed by atoms with Gasteiger partial charge in [0.25, 0.3) is 0 Å². The van der Waals surface area contributed by atoms with Crippen molar-refractivity contribution in [3.63, 3.8) is 0 Å². The first-order valence-corrected chi connectivity index (χ1v) is 7.75. The summed E-state index contributed by atoms with van der Waals surface area (Å²) in [6.07, 6.45) is 0.0634. The number of aliphatic hydroxyl groups is 1. The van der Waals surface area contributed by atoms with Crippen molar-refractivity contribution in [2.75, 3.05) is 19.8 Å². The lowest BCUT2D eigenvalue weighted by atomic mass is 10.3. The van der Waals surface area contributed by atoms with Gasteiger partial charge in [0.2, 0.25) is 0 Å². The van der Waals surface area contributed by atoms with Crippen LogP contribution in [-0.4, -0.2) is 52.9 Å². The summed E-state index contributed by atoms with van der Waals surface area (Å²) >= 11 is 0. The predicted octanol–water partition coefficient (Wildman–Crippen LogP) is 1.37. The highest BCUT2D eigenvalue weighted by molar-refractivity contribution is 5.93. The summed E-state index contributed by atoms with van der Waals surface area (Å²) in [6, 6.07) is 1.36. The van der Waals surface area contributed by atoms with Crippen LogP contribution in [-0.2, 0) is 20.8 Å². The number of ether oxygens (including phenoxy) is 3. The molecule has 0 aliphatic heterocycles. The molecule has 1 heterocycles. The number of aliphatic hydroxyl groups excluding tert-OH is 1. The molecule has 0 amide bonds. The molecule has 23 heavy (non-hydrogen) atoms. The molecule has 0 bridgehead atoms. The van der Waals surface area contributed by atoms with E-state index >= 15 is 0 Å². The molecule has 0 saturated heterocycles. The van der Waals surface area contributed by atoms with Crippen LogP contribution in [0.5, 0.6) is 0 Å². The quantitative estimate of drug-likeness (QED) is 0.511. The normalized spacial score (nSPS) is 12.0. The van der Waals surface area contributed by atoms with Crippen LogP contribution in [0, 0.1) is 0 Å². The molecule has 1 aromatic heterocycles. The maximum atomic E-state index is 11.9. The number of hydrogen-bond acceptors (Lipinski definition) is 7. The van der Waals surface area contributed by atoms with Gasteiger partial charge < -0.3 is 19.3 Å². The molecule has 0 fully saturated rings. The van der Waals surface area contributed by atoms with Gasteiger partial charge in [-0.3, -0.25) is 4.68 Å². The lowest BCUT2D eigenvalue weighted by Crippen LogP contribution is -2.16.